The van der Waals surface area contributed by atoms with Gasteiger partial charge in [-0.3, -0.25) is 9.59 Å². The van der Waals surface area contributed by atoms with Gasteiger partial charge in [0.05, 0.1) is 10.7 Å². The Balaban J connectivity index is 1.47. The van der Waals surface area contributed by atoms with Crippen molar-refractivity contribution in [2.75, 3.05) is 0 Å². The van der Waals surface area contributed by atoms with Crippen LogP contribution < -0.4 is 5.32 Å². The highest BCUT2D eigenvalue weighted by Crippen LogP contribution is 2.27. The van der Waals surface area contributed by atoms with Crippen LogP contribution in [0.3, 0.4) is 0 Å². The number of aromatic nitrogens is 7. The van der Waals surface area contributed by atoms with Crippen molar-refractivity contribution in [2.24, 2.45) is 0 Å². The molecule has 0 aliphatic heterocycles. The number of benzene rings is 2. The van der Waals surface area contributed by atoms with Gasteiger partial charge in [-0.1, -0.05) is 46.4 Å². The maximum atomic E-state index is 13.9. The number of carbonyl (C=O) groups is 2. The van der Waals surface area contributed by atoms with E-state index in [1.807, 2.05) is 0 Å². The summed E-state index contributed by atoms with van der Waals surface area (Å²) in [6.07, 6.45) is -3.64. The third-order valence-electron chi connectivity index (χ3n) is 6.46. The fourth-order valence-electron chi connectivity index (χ4n) is 4.38. The molecule has 232 valence electrons. The molecule has 5 aromatic rings. The number of nitrogens with zero attached hydrogens (tertiary/aromatic N) is 7. The molecule has 1 N–H and O–H groups in total. The lowest BCUT2D eigenvalue weighted by atomic mass is 9.95. The van der Waals surface area contributed by atoms with Crippen molar-refractivity contribution in [3.8, 4) is 5.82 Å². The fraction of sp³-hybridized carbons (Fsp3) is 0.179. The second-order valence-electron chi connectivity index (χ2n) is 9.65. The molecule has 5 rings (SSSR count). The number of aryl methyl sites for hydroxylation is 1. The molecule has 3 heterocycles. The van der Waals surface area contributed by atoms with Crippen molar-refractivity contribution < 1.29 is 22.8 Å². The number of ketones is 1. The summed E-state index contributed by atoms with van der Waals surface area (Å²) in [6, 6.07) is 12.4. The van der Waals surface area contributed by atoms with Crippen LogP contribution in [0.25, 0.3) is 5.82 Å². The Kier molecular flexibility index (Phi) is 9.44. The Bertz CT molecular complexity index is 1930. The molecule has 0 unspecified atom stereocenters. The largest absolute Gasteiger partial charge is 0.455 e. The first kappa shape index (κ1) is 32.4. The average molecular weight is 698 g/mol. The third kappa shape index (κ3) is 7.44. The fourth-order valence-corrected chi connectivity index (χ4v) is 5.23. The molecule has 17 heteroatoms. The second kappa shape index (κ2) is 13.1. The zero-order chi connectivity index (χ0) is 32.5. The van der Waals surface area contributed by atoms with E-state index in [0.29, 0.717) is 31.5 Å². The number of hydrogen-bond donors (Lipinski definition) is 1. The van der Waals surface area contributed by atoms with Crippen LogP contribution in [0.5, 0.6) is 0 Å². The molecular formula is C28H19Cl4F3N8O2. The van der Waals surface area contributed by atoms with Crippen LogP contribution in [0.15, 0.2) is 54.7 Å². The number of rotatable bonds is 9. The van der Waals surface area contributed by atoms with Crippen LogP contribution in [0.1, 0.15) is 49.1 Å². The molecule has 45 heavy (non-hydrogen) atoms. The zero-order valence-corrected chi connectivity index (χ0v) is 25.9. The molecule has 0 saturated carbocycles. The van der Waals surface area contributed by atoms with Gasteiger partial charge >= 0.3 is 6.18 Å². The summed E-state index contributed by atoms with van der Waals surface area (Å²) in [5, 5.41) is 18.2. The Morgan fingerprint density at radius 2 is 1.73 bits per heavy atom. The monoisotopic (exact) mass is 696 g/mol. The van der Waals surface area contributed by atoms with Gasteiger partial charge in [-0.25, -0.2) is 9.67 Å². The molecule has 2 aromatic carbocycles. The molecule has 0 radical (unpaired) electrons. The van der Waals surface area contributed by atoms with Gasteiger partial charge in [0.2, 0.25) is 0 Å². The van der Waals surface area contributed by atoms with Gasteiger partial charge < -0.3 is 5.32 Å². The van der Waals surface area contributed by atoms with Crippen molar-refractivity contribution >= 4 is 58.1 Å². The van der Waals surface area contributed by atoms with E-state index in [4.69, 9.17) is 46.4 Å². The van der Waals surface area contributed by atoms with Crippen LogP contribution in [0, 0.1) is 6.92 Å². The van der Waals surface area contributed by atoms with Crippen LogP contribution in [-0.4, -0.2) is 46.7 Å². The molecule has 0 spiro atoms. The lowest BCUT2D eigenvalue weighted by molar-refractivity contribution is -0.145. The minimum atomic E-state index is -4.79. The van der Waals surface area contributed by atoms with E-state index >= 15 is 0 Å². The van der Waals surface area contributed by atoms with Gasteiger partial charge in [0.25, 0.3) is 11.7 Å². The smallest absolute Gasteiger partial charge is 0.348 e. The van der Waals surface area contributed by atoms with Crippen molar-refractivity contribution in [3.05, 3.63) is 114 Å². The molecule has 1 amide bonds. The molecule has 3 aromatic heterocycles. The first-order valence-electron chi connectivity index (χ1n) is 12.9. The van der Waals surface area contributed by atoms with Crippen LogP contribution in [0.4, 0.5) is 13.2 Å². The van der Waals surface area contributed by atoms with E-state index < -0.39 is 23.7 Å². The summed E-state index contributed by atoms with van der Waals surface area (Å²) in [5.41, 5.74) is 1.80. The molecule has 0 bridgehead atoms. The van der Waals surface area contributed by atoms with E-state index in [2.05, 4.69) is 30.8 Å². The highest BCUT2D eigenvalue weighted by Gasteiger charge is 2.37. The van der Waals surface area contributed by atoms with Gasteiger partial charge in [0.1, 0.15) is 12.2 Å². The average Bonchev–Trinajstić information content (AvgIpc) is 3.62. The predicted molar refractivity (Wildman–Crippen MR) is 160 cm³/mol. The Hall–Kier alpha value is -4.04. The molecule has 0 saturated heterocycles. The molecule has 0 fully saturated rings. The summed E-state index contributed by atoms with van der Waals surface area (Å²) in [4.78, 5) is 32.1. The normalized spacial score (nSPS) is 11.6. The summed E-state index contributed by atoms with van der Waals surface area (Å²) in [7, 11) is 0. The van der Waals surface area contributed by atoms with E-state index in [1.165, 1.54) is 29.1 Å². The molecule has 0 aliphatic rings. The molecule has 0 atom stereocenters. The number of Topliss-reactive ketones (excluding diaryl/α,β-unsaturated/α-hetero) is 1. The maximum absolute atomic E-state index is 13.9. The summed E-state index contributed by atoms with van der Waals surface area (Å²) in [6.45, 7) is 1.41. The minimum absolute atomic E-state index is 0.00632. The SMILES string of the molecule is Cc1cc(Cl)cc(C(=O)NCc2cc(Cl)ccc2Cl)c1CC(=O)c1cc(Cn2nnc(C(F)(F)F)n2)nn1-c1ncccc1Cl. The number of carbonyl (C=O) groups excluding carboxylic acids is 2. The zero-order valence-electron chi connectivity index (χ0n) is 22.9. The van der Waals surface area contributed by atoms with E-state index in [1.54, 1.807) is 37.3 Å². The topological polar surface area (TPSA) is 120 Å². The Morgan fingerprint density at radius 1 is 0.956 bits per heavy atom. The lowest BCUT2D eigenvalue weighted by Crippen LogP contribution is -2.25. The van der Waals surface area contributed by atoms with Gasteiger partial charge in [0.15, 0.2) is 11.6 Å². The summed E-state index contributed by atoms with van der Waals surface area (Å²) < 4.78 is 40.1. The summed E-state index contributed by atoms with van der Waals surface area (Å²) >= 11 is 24.9. The number of pyridine rings is 1. The van der Waals surface area contributed by atoms with Gasteiger partial charge in [-0.15, -0.1) is 10.2 Å². The van der Waals surface area contributed by atoms with Crippen molar-refractivity contribution in [2.45, 2.75) is 32.6 Å². The van der Waals surface area contributed by atoms with Gasteiger partial charge in [-0.2, -0.15) is 23.1 Å². The maximum Gasteiger partial charge on any atom is 0.455 e. The number of alkyl halides is 3. The third-order valence-corrected chi connectivity index (χ3v) is 7.58. The van der Waals surface area contributed by atoms with Crippen LogP contribution in [0.2, 0.25) is 20.1 Å². The molecule has 0 aliphatic carbocycles. The first-order valence-corrected chi connectivity index (χ1v) is 14.4. The standard InChI is InChI=1S/C28H19Cl4F3N8O2/c1-14-7-17(30)9-20(26(45)37-12-15-8-16(29)4-5-21(15)31)19(14)11-24(44)23-10-18(13-42-40-27(38-41-42)28(33,34)35)39-43(23)25-22(32)3-2-6-36-25/h2-10H,11-13H2,1H3,(H,37,45). The minimum Gasteiger partial charge on any atom is -0.348 e. The lowest BCUT2D eigenvalue weighted by Gasteiger charge is -2.14. The van der Waals surface area contributed by atoms with Crippen molar-refractivity contribution in [1.82, 2.24) is 40.3 Å². The van der Waals surface area contributed by atoms with Crippen LogP contribution in [-0.2, 0) is 25.7 Å². The Labute approximate surface area is 273 Å². The number of tetrazole rings is 1. The highest BCUT2D eigenvalue weighted by molar-refractivity contribution is 6.33. The van der Waals surface area contributed by atoms with Gasteiger partial charge in [0, 0.05) is 39.8 Å². The number of hydrogen-bond acceptors (Lipinski definition) is 7. The van der Waals surface area contributed by atoms with E-state index in [0.717, 1.165) is 0 Å². The number of nitrogens with one attached hydrogen (secondary N) is 1. The van der Waals surface area contributed by atoms with Crippen molar-refractivity contribution in [1.29, 1.82) is 0 Å². The van der Waals surface area contributed by atoms with Crippen molar-refractivity contribution in [3.63, 3.8) is 0 Å². The Morgan fingerprint density at radius 3 is 2.44 bits per heavy atom. The summed E-state index contributed by atoms with van der Waals surface area (Å²) in [5.74, 6) is -2.34. The number of amides is 1. The molecule has 10 nitrogen and oxygen atoms in total. The van der Waals surface area contributed by atoms with Crippen LogP contribution >= 0.6 is 46.4 Å². The highest BCUT2D eigenvalue weighted by atomic mass is 35.5. The number of halogens is 7. The molecular weight excluding hydrogens is 679 g/mol. The second-order valence-corrected chi connectivity index (χ2v) is 11.3. The van der Waals surface area contributed by atoms with Gasteiger partial charge in [-0.05, 0) is 77.4 Å². The van der Waals surface area contributed by atoms with E-state index in [9.17, 15) is 22.8 Å². The predicted octanol–water partition coefficient (Wildman–Crippen LogP) is 6.60. The first-order chi connectivity index (χ1) is 21.3. The van der Waals surface area contributed by atoms with E-state index in [-0.39, 0.29) is 52.3 Å². The quantitative estimate of drug-likeness (QED) is 0.172.